The Morgan fingerprint density at radius 3 is 2.25 bits per heavy atom. The van der Waals surface area contributed by atoms with Crippen molar-refractivity contribution in [3.8, 4) is 17.2 Å². The van der Waals surface area contributed by atoms with Gasteiger partial charge in [-0.3, -0.25) is 14.3 Å². The monoisotopic (exact) mass is 622 g/mol. The molecule has 2 amide bonds. The fraction of sp³-hybridized carbons (Fsp3) is 0.515. The molecule has 0 aliphatic carbocycles. The number of amides is 2. The van der Waals surface area contributed by atoms with Crippen molar-refractivity contribution < 1.29 is 23.2 Å². The number of carbonyl (C=O) groups is 2. The van der Waals surface area contributed by atoms with E-state index >= 15 is 0 Å². The van der Waals surface area contributed by atoms with Gasteiger partial charge >= 0.3 is 11.8 Å². The van der Waals surface area contributed by atoms with Crippen LogP contribution in [-0.4, -0.2) is 60.6 Å². The molecule has 0 fully saturated rings. The van der Waals surface area contributed by atoms with Crippen LogP contribution in [0.1, 0.15) is 54.0 Å². The van der Waals surface area contributed by atoms with Gasteiger partial charge in [-0.1, -0.05) is 51.1 Å². The fourth-order valence-electron chi connectivity index (χ4n) is 4.47. The molecule has 238 valence electrons. The number of benzene rings is 2. The van der Waals surface area contributed by atoms with Crippen LogP contribution >= 0.6 is 0 Å². The Labute approximate surface area is 261 Å². The third kappa shape index (κ3) is 9.06. The van der Waals surface area contributed by atoms with Crippen molar-refractivity contribution >= 4 is 31.4 Å². The number of fused-ring (bicyclic) bond motifs is 1. The summed E-state index contributed by atoms with van der Waals surface area (Å²) in [6.45, 7) is 17.8. The van der Waals surface area contributed by atoms with Gasteiger partial charge in [-0.05, 0) is 74.7 Å². The van der Waals surface area contributed by atoms with Gasteiger partial charge in [-0.2, -0.15) is 5.26 Å². The van der Waals surface area contributed by atoms with Crippen LogP contribution < -0.4 is 11.1 Å². The molecule has 0 aliphatic rings. The number of aromatic nitrogens is 1. The van der Waals surface area contributed by atoms with Crippen LogP contribution in [0.15, 0.2) is 51.7 Å². The summed E-state index contributed by atoms with van der Waals surface area (Å²) in [4.78, 5) is 39.3. The van der Waals surface area contributed by atoms with Gasteiger partial charge in [0.25, 0.3) is 0 Å². The highest BCUT2D eigenvalue weighted by molar-refractivity contribution is 6.74. The number of oxazole rings is 1. The lowest BCUT2D eigenvalue weighted by molar-refractivity contribution is -0.122. The largest absolute Gasteiger partial charge is 0.444 e. The van der Waals surface area contributed by atoms with E-state index in [9.17, 15) is 19.6 Å². The third-order valence-corrected chi connectivity index (χ3v) is 12.4. The molecule has 0 aliphatic heterocycles. The molecule has 0 spiro atoms. The van der Waals surface area contributed by atoms with E-state index in [-0.39, 0.29) is 30.7 Å². The lowest BCUT2D eigenvalue weighted by atomic mass is 10.0. The smallest absolute Gasteiger partial charge is 0.419 e. The maximum Gasteiger partial charge on any atom is 0.419 e. The van der Waals surface area contributed by atoms with Crippen molar-refractivity contribution in [1.29, 1.82) is 5.26 Å². The first-order valence-corrected chi connectivity index (χ1v) is 17.7. The Bertz CT molecular complexity index is 1570. The molecule has 2 aromatic carbocycles. The first-order valence-electron chi connectivity index (χ1n) is 14.8. The van der Waals surface area contributed by atoms with Gasteiger partial charge in [-0.15, -0.1) is 0 Å². The van der Waals surface area contributed by atoms with E-state index < -0.39 is 37.7 Å². The molecular formula is C33H46N4O6Si. The summed E-state index contributed by atoms with van der Waals surface area (Å²) in [6, 6.07) is 14.6. The van der Waals surface area contributed by atoms with E-state index in [4.69, 9.17) is 13.6 Å². The average Bonchev–Trinajstić information content (AvgIpc) is 3.18. The number of hydrogen-bond donors (Lipinski definition) is 1. The second-order valence-corrected chi connectivity index (χ2v) is 18.6. The van der Waals surface area contributed by atoms with Gasteiger partial charge in [0.1, 0.15) is 18.2 Å². The number of hydrogen-bond acceptors (Lipinski definition) is 7. The molecule has 0 radical (unpaired) electrons. The van der Waals surface area contributed by atoms with Gasteiger partial charge < -0.3 is 18.9 Å². The van der Waals surface area contributed by atoms with Crippen LogP contribution in [0.4, 0.5) is 4.79 Å². The minimum Gasteiger partial charge on any atom is -0.444 e. The van der Waals surface area contributed by atoms with Gasteiger partial charge in [0, 0.05) is 20.0 Å². The van der Waals surface area contributed by atoms with Gasteiger partial charge in [0.2, 0.25) is 5.91 Å². The predicted molar refractivity (Wildman–Crippen MR) is 174 cm³/mol. The molecule has 3 rings (SSSR count). The molecule has 3 aromatic rings. The molecule has 10 nitrogen and oxygen atoms in total. The first-order chi connectivity index (χ1) is 20.3. The average molecular weight is 623 g/mol. The topological polar surface area (TPSA) is 127 Å². The van der Waals surface area contributed by atoms with E-state index in [0.717, 1.165) is 16.7 Å². The Hall–Kier alpha value is -3.88. The summed E-state index contributed by atoms with van der Waals surface area (Å²) in [5.41, 5.74) is 3.19. The Morgan fingerprint density at radius 2 is 1.68 bits per heavy atom. The molecule has 1 unspecified atom stereocenters. The van der Waals surface area contributed by atoms with E-state index in [1.165, 1.54) is 9.47 Å². The fourth-order valence-corrected chi connectivity index (χ4v) is 5.91. The van der Waals surface area contributed by atoms with Crippen molar-refractivity contribution in [3.05, 3.63) is 58.6 Å². The number of carbonyl (C=O) groups excluding carboxylic acids is 2. The van der Waals surface area contributed by atoms with Gasteiger partial charge in [0.15, 0.2) is 13.9 Å². The number of nitrogens with one attached hydrogen (secondary N) is 1. The van der Waals surface area contributed by atoms with E-state index in [0.29, 0.717) is 11.1 Å². The lowest BCUT2D eigenvalue weighted by Gasteiger charge is -2.39. The molecule has 44 heavy (non-hydrogen) atoms. The summed E-state index contributed by atoms with van der Waals surface area (Å²) in [5.74, 6) is -0.877. The van der Waals surface area contributed by atoms with Crippen molar-refractivity contribution in [1.82, 2.24) is 14.8 Å². The summed E-state index contributed by atoms with van der Waals surface area (Å²) < 4.78 is 18.7. The summed E-state index contributed by atoms with van der Waals surface area (Å²) in [7, 11) is -0.451. The number of rotatable bonds is 10. The zero-order valence-corrected chi connectivity index (χ0v) is 28.6. The van der Waals surface area contributed by atoms with Gasteiger partial charge in [0.05, 0.1) is 17.7 Å². The molecule has 1 N–H and O–H groups in total. The van der Waals surface area contributed by atoms with E-state index in [1.54, 1.807) is 33.9 Å². The van der Waals surface area contributed by atoms with Crippen LogP contribution in [-0.2, 0) is 27.4 Å². The molecule has 11 heteroatoms. The minimum absolute atomic E-state index is 0.0131. The van der Waals surface area contributed by atoms with E-state index in [2.05, 4.69) is 45.3 Å². The zero-order chi connectivity index (χ0) is 33.0. The number of nitrogens with zero attached hydrogens (tertiary/aromatic N) is 3. The van der Waals surface area contributed by atoms with Crippen LogP contribution in [0, 0.1) is 11.3 Å². The van der Waals surface area contributed by atoms with Crippen LogP contribution in [0.3, 0.4) is 0 Å². The highest BCUT2D eigenvalue weighted by Crippen LogP contribution is 2.37. The van der Waals surface area contributed by atoms with Crippen molar-refractivity contribution in [2.75, 3.05) is 13.1 Å². The summed E-state index contributed by atoms with van der Waals surface area (Å²) >= 11 is 0. The minimum atomic E-state index is -2.11. The van der Waals surface area contributed by atoms with Gasteiger partial charge in [-0.25, -0.2) is 9.59 Å². The predicted octanol–water partition coefficient (Wildman–Crippen LogP) is 6.00. The molecule has 1 heterocycles. The second kappa shape index (κ2) is 13.4. The highest BCUT2D eigenvalue weighted by Gasteiger charge is 2.39. The Morgan fingerprint density at radius 1 is 1.07 bits per heavy atom. The zero-order valence-electron chi connectivity index (χ0n) is 27.6. The highest BCUT2D eigenvalue weighted by atomic mass is 28.4. The number of aryl methyl sites for hydroxylation is 1. The molecule has 1 aromatic heterocycles. The molecule has 0 saturated carbocycles. The molecule has 2 atom stereocenters. The van der Waals surface area contributed by atoms with Crippen molar-refractivity contribution in [3.63, 3.8) is 0 Å². The summed E-state index contributed by atoms with van der Waals surface area (Å²) in [5, 5.41) is 12.6. The number of nitriles is 1. The second-order valence-electron chi connectivity index (χ2n) is 13.8. The first kappa shape index (κ1) is 34.6. The standard InChI is InChI=1S/C33H46N4O6Si/c1-22(43-44(9,10)33(5,6)7)20-37(31(40)42-32(2,3)4)21-29(38)35-26(19-34)17-23-11-13-24(14-12-23)25-15-16-28-27(18-25)36(8)30(39)41-28/h11-16,18,22,26H,17,20-21H2,1-10H3,(H,35,38)/t22?,26-/m0/s1. The maximum absolute atomic E-state index is 13.1. The molecular weight excluding hydrogens is 576 g/mol. The normalized spacial score (nSPS) is 13.7. The van der Waals surface area contributed by atoms with E-state index in [1.807, 2.05) is 43.3 Å². The molecule has 0 saturated heterocycles. The number of ether oxygens (including phenoxy) is 1. The SMILES string of the molecule is CC(CN(CC(=O)N[C@H](C#N)Cc1ccc(-c2ccc3oc(=O)n(C)c3c2)cc1)C(=O)OC(C)(C)C)O[Si](C)(C)C(C)(C)C. The third-order valence-electron chi connectivity index (χ3n) is 7.78. The quantitative estimate of drug-likeness (QED) is 0.275. The van der Waals surface area contributed by atoms with Crippen LogP contribution in [0.2, 0.25) is 18.1 Å². The van der Waals surface area contributed by atoms with Crippen molar-refractivity contribution in [2.45, 2.75) is 90.8 Å². The van der Waals surface area contributed by atoms with Crippen LogP contribution in [0.25, 0.3) is 22.2 Å². The Balaban J connectivity index is 1.68. The van der Waals surface area contributed by atoms with Crippen LogP contribution in [0.5, 0.6) is 0 Å². The molecule has 0 bridgehead atoms. The van der Waals surface area contributed by atoms with Crippen molar-refractivity contribution in [2.24, 2.45) is 7.05 Å². The maximum atomic E-state index is 13.1. The lowest BCUT2D eigenvalue weighted by Crippen LogP contribution is -2.50. The Kier molecular flexibility index (Phi) is 10.5. The summed E-state index contributed by atoms with van der Waals surface area (Å²) in [6.07, 6.45) is -0.647.